The molecule has 134 valence electrons. The third-order valence-corrected chi connectivity index (χ3v) is 4.51. The lowest BCUT2D eigenvalue weighted by Crippen LogP contribution is -2.37. The Balaban J connectivity index is 1.91. The Bertz CT molecular complexity index is 982. The van der Waals surface area contributed by atoms with Crippen molar-refractivity contribution in [2.45, 2.75) is 45.0 Å². The SMILES string of the molecule is CC(C)(C)O[C@@H]1C[C@H](c2ccccc2)c2c(c3ccccc3oc2=O)O1. The fourth-order valence-corrected chi connectivity index (χ4v) is 3.51. The Morgan fingerprint density at radius 3 is 2.42 bits per heavy atom. The van der Waals surface area contributed by atoms with Crippen molar-refractivity contribution in [1.29, 1.82) is 0 Å². The van der Waals surface area contributed by atoms with Crippen LogP contribution in [0.2, 0.25) is 0 Å². The lowest BCUT2D eigenvalue weighted by Gasteiger charge is -2.35. The predicted molar refractivity (Wildman–Crippen MR) is 101 cm³/mol. The number of hydrogen-bond acceptors (Lipinski definition) is 4. The van der Waals surface area contributed by atoms with Gasteiger partial charge < -0.3 is 13.9 Å². The largest absolute Gasteiger partial charge is 0.464 e. The quantitative estimate of drug-likeness (QED) is 0.620. The molecule has 3 aromatic rings. The van der Waals surface area contributed by atoms with Gasteiger partial charge in [0, 0.05) is 12.3 Å². The van der Waals surface area contributed by atoms with E-state index in [0.717, 1.165) is 10.9 Å². The molecule has 1 aromatic heterocycles. The van der Waals surface area contributed by atoms with Crippen LogP contribution in [0.3, 0.4) is 0 Å². The number of ether oxygens (including phenoxy) is 2. The van der Waals surface area contributed by atoms with E-state index in [1.807, 2.05) is 69.3 Å². The van der Waals surface area contributed by atoms with Gasteiger partial charge in [0.2, 0.25) is 6.29 Å². The summed E-state index contributed by atoms with van der Waals surface area (Å²) < 4.78 is 17.9. The minimum absolute atomic E-state index is 0.131. The Kier molecular flexibility index (Phi) is 4.08. The van der Waals surface area contributed by atoms with Gasteiger partial charge in [-0.3, -0.25) is 0 Å². The van der Waals surface area contributed by atoms with Gasteiger partial charge in [-0.15, -0.1) is 0 Å². The first-order valence-corrected chi connectivity index (χ1v) is 8.87. The van der Waals surface area contributed by atoms with Gasteiger partial charge in [-0.25, -0.2) is 4.79 Å². The van der Waals surface area contributed by atoms with Gasteiger partial charge in [0.05, 0.1) is 16.6 Å². The molecular formula is C22H22O4. The van der Waals surface area contributed by atoms with Crippen LogP contribution in [0.25, 0.3) is 11.0 Å². The van der Waals surface area contributed by atoms with Crippen molar-refractivity contribution >= 4 is 11.0 Å². The first kappa shape index (κ1) is 16.9. The molecule has 1 aliphatic rings. The molecule has 0 spiro atoms. The zero-order chi connectivity index (χ0) is 18.3. The summed E-state index contributed by atoms with van der Waals surface area (Å²) in [4.78, 5) is 12.8. The van der Waals surface area contributed by atoms with Crippen molar-refractivity contribution in [3.05, 3.63) is 76.1 Å². The molecule has 2 heterocycles. The van der Waals surface area contributed by atoms with Crippen LogP contribution in [0, 0.1) is 0 Å². The Morgan fingerprint density at radius 1 is 1.00 bits per heavy atom. The molecule has 0 amide bonds. The number of fused-ring (bicyclic) bond motifs is 3. The molecule has 1 aliphatic heterocycles. The molecule has 0 fully saturated rings. The van der Waals surface area contributed by atoms with Gasteiger partial charge >= 0.3 is 5.63 Å². The summed E-state index contributed by atoms with van der Waals surface area (Å²) in [5.41, 5.74) is 1.46. The van der Waals surface area contributed by atoms with Gasteiger partial charge in [0.15, 0.2) is 0 Å². The topological polar surface area (TPSA) is 48.7 Å². The van der Waals surface area contributed by atoms with Crippen molar-refractivity contribution < 1.29 is 13.9 Å². The fourth-order valence-electron chi connectivity index (χ4n) is 3.51. The molecule has 0 radical (unpaired) electrons. The maximum absolute atomic E-state index is 12.8. The van der Waals surface area contributed by atoms with Crippen LogP contribution in [0.4, 0.5) is 0 Å². The van der Waals surface area contributed by atoms with E-state index >= 15 is 0 Å². The molecule has 4 heteroatoms. The summed E-state index contributed by atoms with van der Waals surface area (Å²) in [7, 11) is 0. The first-order valence-electron chi connectivity index (χ1n) is 8.87. The molecule has 4 nitrogen and oxygen atoms in total. The summed E-state index contributed by atoms with van der Waals surface area (Å²) in [5.74, 6) is 0.444. The lowest BCUT2D eigenvalue weighted by atomic mass is 9.86. The Labute approximate surface area is 152 Å². The van der Waals surface area contributed by atoms with Crippen molar-refractivity contribution in [2.24, 2.45) is 0 Å². The maximum Gasteiger partial charge on any atom is 0.343 e. The molecule has 0 unspecified atom stereocenters. The summed E-state index contributed by atoms with van der Waals surface area (Å²) >= 11 is 0. The molecule has 0 N–H and O–H groups in total. The van der Waals surface area contributed by atoms with Gasteiger partial charge in [0.1, 0.15) is 11.3 Å². The second-order valence-electron chi connectivity index (χ2n) is 7.61. The van der Waals surface area contributed by atoms with Crippen molar-refractivity contribution in [3.8, 4) is 5.75 Å². The van der Waals surface area contributed by atoms with E-state index < -0.39 is 6.29 Å². The number of para-hydroxylation sites is 1. The maximum atomic E-state index is 12.8. The van der Waals surface area contributed by atoms with E-state index in [-0.39, 0.29) is 17.1 Å². The molecule has 2 atom stereocenters. The van der Waals surface area contributed by atoms with E-state index in [1.165, 1.54) is 0 Å². The van der Waals surface area contributed by atoms with Gasteiger partial charge in [-0.1, -0.05) is 42.5 Å². The smallest absolute Gasteiger partial charge is 0.343 e. The normalized spacial score (nSPS) is 19.8. The molecule has 0 aliphatic carbocycles. The summed E-state index contributed by atoms with van der Waals surface area (Å²) in [6.07, 6.45) is 0.134. The highest BCUT2D eigenvalue weighted by Crippen LogP contribution is 2.43. The standard InChI is InChI=1S/C22H22O4/c1-22(2,3)26-18-13-16(14-9-5-4-6-10-14)19-20(25-18)15-11-7-8-12-17(15)24-21(19)23/h4-12,16,18H,13H2,1-3H3/t16-,18-/m1/s1. The number of hydrogen-bond donors (Lipinski definition) is 0. The van der Waals surface area contributed by atoms with E-state index in [2.05, 4.69) is 0 Å². The van der Waals surface area contributed by atoms with Crippen LogP contribution in [-0.4, -0.2) is 11.9 Å². The number of benzene rings is 2. The minimum Gasteiger partial charge on any atom is -0.464 e. The zero-order valence-electron chi connectivity index (χ0n) is 15.2. The second-order valence-corrected chi connectivity index (χ2v) is 7.61. The molecule has 2 aromatic carbocycles. The predicted octanol–water partition coefficient (Wildman–Crippen LogP) is 4.85. The van der Waals surface area contributed by atoms with E-state index in [4.69, 9.17) is 13.9 Å². The monoisotopic (exact) mass is 350 g/mol. The Morgan fingerprint density at radius 2 is 1.69 bits per heavy atom. The highest BCUT2D eigenvalue weighted by atomic mass is 16.7. The van der Waals surface area contributed by atoms with Crippen LogP contribution in [-0.2, 0) is 4.74 Å². The summed E-state index contributed by atoms with van der Waals surface area (Å²) in [6, 6.07) is 17.4. The minimum atomic E-state index is -0.432. The molecule has 0 saturated heterocycles. The van der Waals surface area contributed by atoms with Crippen LogP contribution in [0.5, 0.6) is 5.75 Å². The van der Waals surface area contributed by atoms with Crippen LogP contribution < -0.4 is 10.4 Å². The zero-order valence-corrected chi connectivity index (χ0v) is 15.2. The van der Waals surface area contributed by atoms with Gasteiger partial charge in [0.25, 0.3) is 0 Å². The summed E-state index contributed by atoms with van der Waals surface area (Å²) in [5, 5.41) is 0.797. The fraction of sp³-hybridized carbons (Fsp3) is 0.318. The highest BCUT2D eigenvalue weighted by Gasteiger charge is 2.36. The van der Waals surface area contributed by atoms with Crippen molar-refractivity contribution in [2.75, 3.05) is 0 Å². The first-order chi connectivity index (χ1) is 12.4. The average Bonchev–Trinajstić information content (AvgIpc) is 2.60. The van der Waals surface area contributed by atoms with E-state index in [9.17, 15) is 4.79 Å². The van der Waals surface area contributed by atoms with Gasteiger partial charge in [-0.2, -0.15) is 0 Å². The van der Waals surface area contributed by atoms with E-state index in [0.29, 0.717) is 23.3 Å². The molecule has 0 bridgehead atoms. The number of rotatable bonds is 2. The summed E-state index contributed by atoms with van der Waals surface area (Å²) in [6.45, 7) is 6.00. The molecular weight excluding hydrogens is 328 g/mol. The average molecular weight is 350 g/mol. The van der Waals surface area contributed by atoms with Crippen LogP contribution >= 0.6 is 0 Å². The highest BCUT2D eigenvalue weighted by molar-refractivity contribution is 5.85. The van der Waals surface area contributed by atoms with Crippen LogP contribution in [0.15, 0.2) is 63.8 Å². The lowest BCUT2D eigenvalue weighted by molar-refractivity contribution is -0.159. The Hall–Kier alpha value is -2.59. The molecule has 0 saturated carbocycles. The van der Waals surface area contributed by atoms with Gasteiger partial charge in [-0.05, 0) is 38.5 Å². The molecule has 26 heavy (non-hydrogen) atoms. The third kappa shape index (κ3) is 3.13. The van der Waals surface area contributed by atoms with Crippen molar-refractivity contribution in [1.82, 2.24) is 0 Å². The van der Waals surface area contributed by atoms with Crippen LogP contribution in [0.1, 0.15) is 44.2 Å². The molecule has 4 rings (SSSR count). The van der Waals surface area contributed by atoms with Crippen molar-refractivity contribution in [3.63, 3.8) is 0 Å². The van der Waals surface area contributed by atoms with E-state index in [1.54, 1.807) is 6.07 Å². The second kappa shape index (κ2) is 6.29. The third-order valence-electron chi connectivity index (χ3n) is 4.51.